The van der Waals surface area contributed by atoms with Crippen LogP contribution in [0.5, 0.6) is 5.75 Å². The van der Waals surface area contributed by atoms with Gasteiger partial charge in [0, 0.05) is 24.2 Å². The van der Waals surface area contributed by atoms with E-state index in [9.17, 15) is 8.78 Å². The lowest BCUT2D eigenvalue weighted by Crippen LogP contribution is -2.31. The van der Waals surface area contributed by atoms with Crippen molar-refractivity contribution in [3.8, 4) is 5.75 Å². The summed E-state index contributed by atoms with van der Waals surface area (Å²) in [6.07, 6.45) is 1.66. The zero-order valence-corrected chi connectivity index (χ0v) is 14.5. The first-order valence-electron chi connectivity index (χ1n) is 6.55. The number of methoxy groups -OCH3 is 1. The van der Waals surface area contributed by atoms with E-state index >= 15 is 0 Å². The molecule has 1 aromatic heterocycles. The molecule has 1 heterocycles. The van der Waals surface area contributed by atoms with Gasteiger partial charge < -0.3 is 15.4 Å². The van der Waals surface area contributed by atoms with Gasteiger partial charge in [0.25, 0.3) is 0 Å². The molecule has 0 spiro atoms. The molecule has 5 nitrogen and oxygen atoms in total. The first kappa shape index (κ1) is 17.5. The number of nitrogens with zero attached hydrogens (tertiary/aromatic N) is 2. The first-order chi connectivity index (χ1) is 11.0. The Labute approximate surface area is 145 Å². The monoisotopic (exact) mass is 402 g/mol. The zero-order valence-electron chi connectivity index (χ0n) is 12.1. The van der Waals surface area contributed by atoms with E-state index in [1.165, 1.54) is 13.3 Å². The summed E-state index contributed by atoms with van der Waals surface area (Å²) in [7, 11) is 1.35. The summed E-state index contributed by atoms with van der Waals surface area (Å²) in [5.74, 6) is -0.716. The molecular weight excluding hydrogens is 390 g/mol. The molecule has 0 radical (unpaired) electrons. The molecule has 2 N–H and O–H groups in total. The lowest BCUT2D eigenvalue weighted by molar-refractivity contribution is 0.405. The number of halogens is 3. The topological polar surface area (TPSA) is 59.1 Å². The van der Waals surface area contributed by atoms with E-state index in [1.807, 2.05) is 0 Å². The third-order valence-electron chi connectivity index (χ3n) is 2.91. The molecular formula is C14H13BrF2N4OS. The number of hydrogen-bond donors (Lipinski definition) is 2. The van der Waals surface area contributed by atoms with Gasteiger partial charge in [-0.05, 0) is 40.6 Å². The van der Waals surface area contributed by atoms with Gasteiger partial charge in [0.1, 0.15) is 17.4 Å². The average Bonchev–Trinajstić information content (AvgIpc) is 2.52. The molecule has 0 amide bonds. The second kappa shape index (κ2) is 8.11. The van der Waals surface area contributed by atoms with Gasteiger partial charge in [-0.25, -0.2) is 8.78 Å². The lowest BCUT2D eigenvalue weighted by Gasteiger charge is -2.11. The fourth-order valence-electron chi connectivity index (χ4n) is 1.79. The number of hydrogen-bond acceptors (Lipinski definition) is 4. The molecule has 0 aliphatic carbocycles. The van der Waals surface area contributed by atoms with Crippen LogP contribution in [0.3, 0.4) is 0 Å². The van der Waals surface area contributed by atoms with Crippen LogP contribution in [0, 0.1) is 11.6 Å². The Kier molecular flexibility index (Phi) is 6.17. The largest absolute Gasteiger partial charge is 0.497 e. The number of thiocarbonyl (C=S) groups is 1. The van der Waals surface area contributed by atoms with Crippen molar-refractivity contribution < 1.29 is 13.5 Å². The molecule has 0 saturated heterocycles. The summed E-state index contributed by atoms with van der Waals surface area (Å²) < 4.78 is 33.1. The average molecular weight is 403 g/mol. The van der Waals surface area contributed by atoms with E-state index in [-0.39, 0.29) is 29.4 Å². The van der Waals surface area contributed by atoms with Crippen LogP contribution in [0.25, 0.3) is 0 Å². The third-order valence-corrected chi connectivity index (χ3v) is 3.80. The maximum absolute atomic E-state index is 13.8. The molecule has 0 saturated carbocycles. The summed E-state index contributed by atoms with van der Waals surface area (Å²) in [6, 6.07) is 4.00. The van der Waals surface area contributed by atoms with Crippen molar-refractivity contribution in [2.24, 2.45) is 0 Å². The lowest BCUT2D eigenvalue weighted by atomic mass is 10.1. The van der Waals surface area contributed by atoms with Gasteiger partial charge in [-0.3, -0.25) is 0 Å². The van der Waals surface area contributed by atoms with Gasteiger partial charge in [-0.15, -0.1) is 5.10 Å². The molecule has 1 aromatic carbocycles. The van der Waals surface area contributed by atoms with Crippen LogP contribution in [0.4, 0.5) is 14.6 Å². The SMILES string of the molecule is COc1cc(F)c(CCNC(=S)Nc2nnccc2Br)c(F)c1. The molecule has 0 aliphatic rings. The van der Waals surface area contributed by atoms with Crippen LogP contribution in [-0.2, 0) is 6.42 Å². The maximum atomic E-state index is 13.8. The highest BCUT2D eigenvalue weighted by atomic mass is 79.9. The first-order valence-corrected chi connectivity index (χ1v) is 7.75. The Morgan fingerprint density at radius 1 is 1.35 bits per heavy atom. The van der Waals surface area contributed by atoms with Gasteiger partial charge in [0.15, 0.2) is 10.9 Å². The molecule has 23 heavy (non-hydrogen) atoms. The van der Waals surface area contributed by atoms with Gasteiger partial charge in [-0.1, -0.05) is 0 Å². The minimum Gasteiger partial charge on any atom is -0.497 e. The summed E-state index contributed by atoms with van der Waals surface area (Å²) in [6.45, 7) is 0.254. The van der Waals surface area contributed by atoms with Crippen LogP contribution in [-0.4, -0.2) is 29.0 Å². The number of aromatic nitrogens is 2. The number of nitrogens with one attached hydrogen (secondary N) is 2. The van der Waals surface area contributed by atoms with Gasteiger partial charge >= 0.3 is 0 Å². The molecule has 0 unspecified atom stereocenters. The Morgan fingerprint density at radius 3 is 2.65 bits per heavy atom. The Balaban J connectivity index is 1.90. The van der Waals surface area contributed by atoms with Gasteiger partial charge in [0.05, 0.1) is 17.8 Å². The van der Waals surface area contributed by atoms with Crippen molar-refractivity contribution in [2.45, 2.75) is 6.42 Å². The van der Waals surface area contributed by atoms with Crippen LogP contribution in [0.2, 0.25) is 0 Å². The molecule has 122 valence electrons. The van der Waals surface area contributed by atoms with Crippen LogP contribution in [0.15, 0.2) is 28.9 Å². The number of ether oxygens (including phenoxy) is 1. The van der Waals surface area contributed by atoms with E-state index in [0.717, 1.165) is 12.1 Å². The second-order valence-electron chi connectivity index (χ2n) is 4.43. The van der Waals surface area contributed by atoms with E-state index in [0.29, 0.717) is 10.3 Å². The fourth-order valence-corrected chi connectivity index (χ4v) is 2.29. The highest BCUT2D eigenvalue weighted by molar-refractivity contribution is 9.10. The van der Waals surface area contributed by atoms with E-state index in [4.69, 9.17) is 17.0 Å². The molecule has 2 aromatic rings. The predicted octanol–water partition coefficient (Wildman–Crippen LogP) is 3.06. The highest BCUT2D eigenvalue weighted by Crippen LogP contribution is 2.20. The molecule has 0 atom stereocenters. The van der Waals surface area contributed by atoms with Gasteiger partial charge in [-0.2, -0.15) is 5.10 Å². The van der Waals surface area contributed by atoms with Crippen LogP contribution in [0.1, 0.15) is 5.56 Å². The van der Waals surface area contributed by atoms with E-state index in [2.05, 4.69) is 36.8 Å². The smallest absolute Gasteiger partial charge is 0.172 e. The summed E-state index contributed by atoms with van der Waals surface area (Å²) in [5, 5.41) is 13.6. The van der Waals surface area contributed by atoms with Gasteiger partial charge in [0.2, 0.25) is 0 Å². The number of anilines is 1. The van der Waals surface area contributed by atoms with Crippen molar-refractivity contribution in [3.05, 3.63) is 46.1 Å². The predicted molar refractivity (Wildman–Crippen MR) is 90.6 cm³/mol. The molecule has 0 bridgehead atoms. The number of benzene rings is 1. The van der Waals surface area contributed by atoms with E-state index in [1.54, 1.807) is 6.07 Å². The summed E-state index contributed by atoms with van der Waals surface area (Å²) >= 11 is 8.40. The maximum Gasteiger partial charge on any atom is 0.172 e. The second-order valence-corrected chi connectivity index (χ2v) is 5.69. The van der Waals surface area contributed by atoms with Crippen molar-refractivity contribution in [1.82, 2.24) is 15.5 Å². The van der Waals surface area contributed by atoms with Crippen LogP contribution >= 0.6 is 28.1 Å². The standard InChI is InChI=1S/C14H13BrF2N4OS/c1-22-8-6-11(16)9(12(17)7-8)2-4-18-14(23)20-13-10(15)3-5-19-21-13/h3,5-7H,2,4H2,1H3,(H2,18,20,21,23). The minimum atomic E-state index is -0.654. The Hall–Kier alpha value is -1.87. The summed E-state index contributed by atoms with van der Waals surface area (Å²) in [4.78, 5) is 0. The highest BCUT2D eigenvalue weighted by Gasteiger charge is 2.12. The van der Waals surface area contributed by atoms with Crippen molar-refractivity contribution in [3.63, 3.8) is 0 Å². The molecule has 2 rings (SSSR count). The normalized spacial score (nSPS) is 10.3. The van der Waals surface area contributed by atoms with Crippen molar-refractivity contribution in [2.75, 3.05) is 19.0 Å². The molecule has 0 fully saturated rings. The fraction of sp³-hybridized carbons (Fsp3) is 0.214. The Morgan fingerprint density at radius 2 is 2.04 bits per heavy atom. The van der Waals surface area contributed by atoms with Crippen molar-refractivity contribution >= 4 is 39.1 Å². The molecule has 0 aliphatic heterocycles. The van der Waals surface area contributed by atoms with Crippen LogP contribution < -0.4 is 15.4 Å². The minimum absolute atomic E-state index is 0.0261. The molecule has 9 heteroatoms. The third kappa shape index (κ3) is 4.80. The van der Waals surface area contributed by atoms with Crippen molar-refractivity contribution in [1.29, 1.82) is 0 Å². The quantitative estimate of drug-likeness (QED) is 0.749. The zero-order chi connectivity index (χ0) is 16.8. The Bertz CT molecular complexity index is 694. The number of rotatable bonds is 5. The van der Waals surface area contributed by atoms with E-state index < -0.39 is 11.6 Å². The summed E-state index contributed by atoms with van der Waals surface area (Å²) in [5.41, 5.74) is -0.0261.